The van der Waals surface area contributed by atoms with Crippen molar-refractivity contribution in [3.8, 4) is 0 Å². The number of piperidine rings is 1. The summed E-state index contributed by atoms with van der Waals surface area (Å²) in [6.45, 7) is 2.20. The quantitative estimate of drug-likeness (QED) is 0.896. The van der Waals surface area contributed by atoms with Crippen LogP contribution < -0.4 is 0 Å². The molecule has 0 aliphatic carbocycles. The molecule has 0 spiro atoms. The van der Waals surface area contributed by atoms with Crippen molar-refractivity contribution in [1.82, 2.24) is 9.88 Å². The molecule has 6 heteroatoms. The number of H-pyrrole nitrogens is 1. The molecule has 1 aromatic carbocycles. The standard InChI is InChI=1S/C16H17FN2O3/c1-9-6-10(17)7-12-11(9)8-13(18-12)15(20)19-5-3-2-4-14(19)16(21)22/h6-8,14,18H,2-5H2,1H3,(H,21,22)/t14-/m1/s1. The Morgan fingerprint density at radius 2 is 2.09 bits per heavy atom. The second-order valence-corrected chi connectivity index (χ2v) is 5.72. The predicted molar refractivity (Wildman–Crippen MR) is 79.3 cm³/mol. The highest BCUT2D eigenvalue weighted by Crippen LogP contribution is 2.24. The van der Waals surface area contributed by atoms with E-state index in [1.165, 1.54) is 17.0 Å². The number of aliphatic carboxylic acids is 1. The first-order chi connectivity index (χ1) is 10.5. The van der Waals surface area contributed by atoms with E-state index >= 15 is 0 Å². The Bertz CT molecular complexity index is 753. The smallest absolute Gasteiger partial charge is 0.326 e. The summed E-state index contributed by atoms with van der Waals surface area (Å²) in [7, 11) is 0. The number of aromatic nitrogens is 1. The summed E-state index contributed by atoms with van der Waals surface area (Å²) in [6.07, 6.45) is 2.07. The van der Waals surface area contributed by atoms with Gasteiger partial charge >= 0.3 is 5.97 Å². The number of nitrogens with zero attached hydrogens (tertiary/aromatic N) is 1. The number of rotatable bonds is 2. The lowest BCUT2D eigenvalue weighted by Crippen LogP contribution is -2.48. The molecule has 2 aromatic rings. The fourth-order valence-electron chi connectivity index (χ4n) is 3.08. The number of carbonyl (C=O) groups is 2. The number of aromatic amines is 1. The zero-order chi connectivity index (χ0) is 15.9. The minimum atomic E-state index is -0.980. The van der Waals surface area contributed by atoms with E-state index in [-0.39, 0.29) is 11.7 Å². The molecule has 1 aliphatic heterocycles. The molecule has 0 saturated carbocycles. The summed E-state index contributed by atoms with van der Waals surface area (Å²) in [5.74, 6) is -1.69. The van der Waals surface area contributed by atoms with Crippen LogP contribution >= 0.6 is 0 Å². The molecule has 0 unspecified atom stereocenters. The summed E-state index contributed by atoms with van der Waals surface area (Å²) < 4.78 is 13.4. The molecule has 1 aromatic heterocycles. The number of hydrogen-bond donors (Lipinski definition) is 2. The molecule has 1 aliphatic rings. The number of benzene rings is 1. The van der Waals surface area contributed by atoms with Crippen molar-refractivity contribution in [1.29, 1.82) is 0 Å². The lowest BCUT2D eigenvalue weighted by Gasteiger charge is -2.32. The molecule has 2 N–H and O–H groups in total. The first-order valence-electron chi connectivity index (χ1n) is 7.30. The normalized spacial score (nSPS) is 18.6. The highest BCUT2D eigenvalue weighted by molar-refractivity contribution is 6.00. The minimum absolute atomic E-state index is 0.303. The second kappa shape index (κ2) is 5.44. The Hall–Kier alpha value is -2.37. The Labute approximate surface area is 126 Å². The summed E-state index contributed by atoms with van der Waals surface area (Å²) in [5.41, 5.74) is 1.58. The van der Waals surface area contributed by atoms with Crippen molar-refractivity contribution in [2.24, 2.45) is 0 Å². The molecule has 22 heavy (non-hydrogen) atoms. The van der Waals surface area contributed by atoms with E-state index in [4.69, 9.17) is 0 Å². The van der Waals surface area contributed by atoms with Gasteiger partial charge in [0.05, 0.1) is 0 Å². The number of likely N-dealkylation sites (tertiary alicyclic amines) is 1. The van der Waals surface area contributed by atoms with Gasteiger partial charge in [0.1, 0.15) is 17.6 Å². The number of hydrogen-bond acceptors (Lipinski definition) is 2. The third kappa shape index (κ3) is 2.45. The van der Waals surface area contributed by atoms with Gasteiger partial charge in [-0.25, -0.2) is 9.18 Å². The van der Waals surface area contributed by atoms with Gasteiger partial charge in [0, 0.05) is 17.4 Å². The van der Waals surface area contributed by atoms with E-state index < -0.39 is 12.0 Å². The van der Waals surface area contributed by atoms with Crippen molar-refractivity contribution >= 4 is 22.8 Å². The van der Waals surface area contributed by atoms with Crippen molar-refractivity contribution in [3.63, 3.8) is 0 Å². The van der Waals surface area contributed by atoms with Crippen LogP contribution in [0.25, 0.3) is 10.9 Å². The average Bonchev–Trinajstić information content (AvgIpc) is 2.90. The number of carbonyl (C=O) groups excluding carboxylic acids is 1. The van der Waals surface area contributed by atoms with Crippen molar-refractivity contribution in [3.05, 3.63) is 35.3 Å². The summed E-state index contributed by atoms with van der Waals surface area (Å²) >= 11 is 0. The lowest BCUT2D eigenvalue weighted by atomic mass is 10.0. The first-order valence-corrected chi connectivity index (χ1v) is 7.30. The fourth-order valence-corrected chi connectivity index (χ4v) is 3.08. The van der Waals surface area contributed by atoms with E-state index in [1.807, 2.05) is 0 Å². The Kier molecular flexibility index (Phi) is 3.60. The molecule has 5 nitrogen and oxygen atoms in total. The molecular formula is C16H17FN2O3. The Balaban J connectivity index is 1.97. The number of aryl methyl sites for hydroxylation is 1. The van der Waals surface area contributed by atoms with Crippen LogP contribution in [0.4, 0.5) is 4.39 Å². The van der Waals surface area contributed by atoms with Gasteiger partial charge in [0.2, 0.25) is 0 Å². The number of carboxylic acid groups (broad SMARTS) is 1. The molecule has 116 valence electrons. The Morgan fingerprint density at radius 1 is 1.32 bits per heavy atom. The van der Waals surface area contributed by atoms with Crippen LogP contribution in [0.3, 0.4) is 0 Å². The molecule has 1 amide bonds. The van der Waals surface area contributed by atoms with Gasteiger partial charge in [-0.15, -0.1) is 0 Å². The Morgan fingerprint density at radius 3 is 2.82 bits per heavy atom. The number of carboxylic acids is 1. The van der Waals surface area contributed by atoms with Crippen LogP contribution in [0, 0.1) is 12.7 Å². The van der Waals surface area contributed by atoms with E-state index in [1.54, 1.807) is 13.0 Å². The van der Waals surface area contributed by atoms with Crippen molar-refractivity contribution < 1.29 is 19.1 Å². The number of nitrogens with one attached hydrogen (secondary N) is 1. The van der Waals surface area contributed by atoms with Crippen LogP contribution in [0.5, 0.6) is 0 Å². The van der Waals surface area contributed by atoms with Gasteiger partial charge < -0.3 is 15.0 Å². The maximum atomic E-state index is 13.4. The number of halogens is 1. The monoisotopic (exact) mass is 304 g/mol. The topological polar surface area (TPSA) is 73.4 Å². The molecule has 3 rings (SSSR count). The van der Waals surface area contributed by atoms with E-state index in [9.17, 15) is 19.1 Å². The van der Waals surface area contributed by atoms with Gasteiger partial charge in [-0.05, 0) is 49.9 Å². The maximum Gasteiger partial charge on any atom is 0.326 e. The van der Waals surface area contributed by atoms with Crippen molar-refractivity contribution in [2.75, 3.05) is 6.54 Å². The van der Waals surface area contributed by atoms with Crippen LogP contribution in [-0.4, -0.2) is 39.5 Å². The van der Waals surface area contributed by atoms with E-state index in [0.29, 0.717) is 24.2 Å². The van der Waals surface area contributed by atoms with E-state index in [0.717, 1.165) is 23.8 Å². The van der Waals surface area contributed by atoms with Gasteiger partial charge in [-0.3, -0.25) is 4.79 Å². The molecule has 1 saturated heterocycles. The van der Waals surface area contributed by atoms with E-state index in [2.05, 4.69) is 4.98 Å². The summed E-state index contributed by atoms with van der Waals surface area (Å²) in [4.78, 5) is 28.2. The average molecular weight is 304 g/mol. The minimum Gasteiger partial charge on any atom is -0.480 e. The maximum absolute atomic E-state index is 13.4. The second-order valence-electron chi connectivity index (χ2n) is 5.72. The summed E-state index contributed by atoms with van der Waals surface area (Å²) in [5, 5.41) is 10.0. The highest BCUT2D eigenvalue weighted by atomic mass is 19.1. The van der Waals surface area contributed by atoms with Gasteiger partial charge in [-0.2, -0.15) is 0 Å². The van der Waals surface area contributed by atoms with Crippen LogP contribution in [0.1, 0.15) is 35.3 Å². The molecule has 0 bridgehead atoms. The van der Waals surface area contributed by atoms with Gasteiger partial charge in [0.15, 0.2) is 0 Å². The third-order valence-corrected chi connectivity index (χ3v) is 4.19. The molecule has 2 heterocycles. The fraction of sp³-hybridized carbons (Fsp3) is 0.375. The molecule has 0 radical (unpaired) electrons. The lowest BCUT2D eigenvalue weighted by molar-refractivity contribution is -0.143. The summed E-state index contributed by atoms with van der Waals surface area (Å²) in [6, 6.07) is 3.63. The largest absolute Gasteiger partial charge is 0.480 e. The zero-order valence-corrected chi connectivity index (χ0v) is 12.2. The highest BCUT2D eigenvalue weighted by Gasteiger charge is 2.33. The van der Waals surface area contributed by atoms with Gasteiger partial charge in [-0.1, -0.05) is 0 Å². The third-order valence-electron chi connectivity index (χ3n) is 4.19. The van der Waals surface area contributed by atoms with Gasteiger partial charge in [0.25, 0.3) is 5.91 Å². The number of amides is 1. The number of fused-ring (bicyclic) bond motifs is 1. The molecule has 1 atom stereocenters. The van der Waals surface area contributed by atoms with Crippen LogP contribution in [0.2, 0.25) is 0 Å². The van der Waals surface area contributed by atoms with Crippen LogP contribution in [-0.2, 0) is 4.79 Å². The predicted octanol–water partition coefficient (Wildman–Crippen LogP) is 2.69. The zero-order valence-electron chi connectivity index (χ0n) is 12.2. The van der Waals surface area contributed by atoms with Crippen LogP contribution in [0.15, 0.2) is 18.2 Å². The molecule has 1 fully saturated rings. The van der Waals surface area contributed by atoms with Crippen molar-refractivity contribution in [2.45, 2.75) is 32.2 Å². The SMILES string of the molecule is Cc1cc(F)cc2[nH]c(C(=O)N3CCCC[C@@H]3C(=O)O)cc12. The first kappa shape index (κ1) is 14.6. The molecular weight excluding hydrogens is 287 g/mol.